The molecule has 0 radical (unpaired) electrons. The Kier molecular flexibility index (Phi) is 4.63. The predicted molar refractivity (Wildman–Crippen MR) is 91.0 cm³/mol. The third-order valence-electron chi connectivity index (χ3n) is 2.92. The second-order valence-corrected chi connectivity index (χ2v) is 5.65. The van der Waals surface area contributed by atoms with Crippen LogP contribution >= 0.6 is 11.3 Å². The first-order valence-electron chi connectivity index (χ1n) is 6.94. The molecule has 0 saturated heterocycles. The van der Waals surface area contributed by atoms with Crippen LogP contribution in [0.3, 0.4) is 0 Å². The number of rotatable bonds is 5. The van der Waals surface area contributed by atoms with Gasteiger partial charge in [-0.1, -0.05) is 0 Å². The fourth-order valence-corrected chi connectivity index (χ4v) is 2.47. The van der Waals surface area contributed by atoms with Gasteiger partial charge in [-0.2, -0.15) is 5.10 Å². The van der Waals surface area contributed by atoms with Crippen LogP contribution in [0.5, 0.6) is 11.5 Å². The summed E-state index contributed by atoms with van der Waals surface area (Å²) in [6, 6.07) is 13.3. The molecule has 3 rings (SSSR count). The van der Waals surface area contributed by atoms with Crippen LogP contribution in [0.4, 0.5) is 9.52 Å². The first kappa shape index (κ1) is 15.2. The van der Waals surface area contributed by atoms with E-state index in [0.717, 1.165) is 16.4 Å². The van der Waals surface area contributed by atoms with Crippen molar-refractivity contribution in [3.63, 3.8) is 0 Å². The molecule has 6 heteroatoms. The van der Waals surface area contributed by atoms with Crippen LogP contribution in [-0.2, 0) is 0 Å². The normalized spacial score (nSPS) is 10.9. The average Bonchev–Trinajstić information content (AvgIpc) is 2.97. The van der Waals surface area contributed by atoms with E-state index in [2.05, 4.69) is 15.5 Å². The van der Waals surface area contributed by atoms with E-state index >= 15 is 0 Å². The standard InChI is InChI=1S/C17H14FN3OS/c1-12-11-23-17(20-12)21-19-10-13-2-6-15(7-3-13)22-16-8-4-14(18)5-9-16/h2-11H,1H3,(H,20,21). The fourth-order valence-electron chi connectivity index (χ4n) is 1.83. The van der Waals surface area contributed by atoms with Crippen LogP contribution in [0, 0.1) is 12.7 Å². The lowest BCUT2D eigenvalue weighted by atomic mass is 10.2. The maximum Gasteiger partial charge on any atom is 0.203 e. The maximum atomic E-state index is 12.8. The van der Waals surface area contributed by atoms with E-state index < -0.39 is 0 Å². The zero-order valence-corrected chi connectivity index (χ0v) is 13.2. The Morgan fingerprint density at radius 2 is 1.74 bits per heavy atom. The van der Waals surface area contributed by atoms with Crippen molar-refractivity contribution < 1.29 is 9.13 Å². The highest BCUT2D eigenvalue weighted by molar-refractivity contribution is 7.13. The van der Waals surface area contributed by atoms with Crippen LogP contribution in [0.1, 0.15) is 11.3 Å². The van der Waals surface area contributed by atoms with Crippen molar-refractivity contribution in [1.29, 1.82) is 0 Å². The Morgan fingerprint density at radius 3 is 2.35 bits per heavy atom. The molecule has 0 bridgehead atoms. The van der Waals surface area contributed by atoms with Crippen LogP contribution in [0.15, 0.2) is 59.0 Å². The van der Waals surface area contributed by atoms with Gasteiger partial charge in [-0.15, -0.1) is 11.3 Å². The van der Waals surface area contributed by atoms with Crippen LogP contribution in [0.25, 0.3) is 0 Å². The quantitative estimate of drug-likeness (QED) is 0.539. The number of nitrogens with zero attached hydrogens (tertiary/aromatic N) is 2. The molecule has 0 unspecified atom stereocenters. The minimum Gasteiger partial charge on any atom is -0.457 e. The Labute approximate surface area is 137 Å². The molecule has 116 valence electrons. The molecule has 0 aliphatic carbocycles. The van der Waals surface area contributed by atoms with E-state index in [0.29, 0.717) is 11.5 Å². The van der Waals surface area contributed by atoms with Crippen molar-refractivity contribution >= 4 is 22.7 Å². The molecule has 0 aliphatic heterocycles. The number of nitrogens with one attached hydrogen (secondary N) is 1. The highest BCUT2D eigenvalue weighted by Crippen LogP contribution is 2.21. The van der Waals surface area contributed by atoms with E-state index in [1.54, 1.807) is 18.3 Å². The number of hydrazone groups is 1. The van der Waals surface area contributed by atoms with Gasteiger partial charge in [-0.3, -0.25) is 5.43 Å². The molecule has 1 heterocycles. The minimum atomic E-state index is -0.285. The summed E-state index contributed by atoms with van der Waals surface area (Å²) in [5.74, 6) is 0.984. The number of aryl methyl sites for hydroxylation is 1. The van der Waals surface area contributed by atoms with Gasteiger partial charge in [0.2, 0.25) is 5.13 Å². The van der Waals surface area contributed by atoms with Crippen molar-refractivity contribution in [3.8, 4) is 11.5 Å². The number of anilines is 1. The zero-order chi connectivity index (χ0) is 16.1. The van der Waals surface area contributed by atoms with Gasteiger partial charge in [0.15, 0.2) is 0 Å². The van der Waals surface area contributed by atoms with Gasteiger partial charge in [0.05, 0.1) is 11.9 Å². The van der Waals surface area contributed by atoms with Gasteiger partial charge in [0.25, 0.3) is 0 Å². The molecule has 0 saturated carbocycles. The SMILES string of the molecule is Cc1csc(NN=Cc2ccc(Oc3ccc(F)cc3)cc2)n1. The van der Waals surface area contributed by atoms with Gasteiger partial charge in [0.1, 0.15) is 17.3 Å². The van der Waals surface area contributed by atoms with Crippen molar-refractivity contribution in [2.24, 2.45) is 5.10 Å². The fraction of sp³-hybridized carbons (Fsp3) is 0.0588. The summed E-state index contributed by atoms with van der Waals surface area (Å²) < 4.78 is 18.5. The monoisotopic (exact) mass is 327 g/mol. The molecule has 0 amide bonds. The Morgan fingerprint density at radius 1 is 1.09 bits per heavy atom. The van der Waals surface area contributed by atoms with Gasteiger partial charge < -0.3 is 4.74 Å². The van der Waals surface area contributed by atoms with Gasteiger partial charge in [-0.05, 0) is 61.0 Å². The number of benzene rings is 2. The molecular formula is C17H14FN3OS. The summed E-state index contributed by atoms with van der Waals surface area (Å²) in [5, 5.41) is 6.86. The molecule has 4 nitrogen and oxygen atoms in total. The average molecular weight is 327 g/mol. The lowest BCUT2D eigenvalue weighted by molar-refractivity contribution is 0.480. The molecule has 3 aromatic rings. The van der Waals surface area contributed by atoms with E-state index in [4.69, 9.17) is 4.74 Å². The summed E-state index contributed by atoms with van der Waals surface area (Å²) in [6.45, 7) is 1.94. The molecular weight excluding hydrogens is 313 g/mol. The second kappa shape index (κ2) is 7.02. The summed E-state index contributed by atoms with van der Waals surface area (Å²) >= 11 is 1.51. The maximum absolute atomic E-state index is 12.8. The first-order chi connectivity index (χ1) is 11.2. The summed E-state index contributed by atoms with van der Waals surface area (Å²) in [7, 11) is 0. The Balaban J connectivity index is 1.59. The van der Waals surface area contributed by atoms with Gasteiger partial charge in [-0.25, -0.2) is 9.37 Å². The number of halogens is 1. The van der Waals surface area contributed by atoms with Crippen molar-refractivity contribution in [2.45, 2.75) is 6.92 Å². The lowest BCUT2D eigenvalue weighted by Crippen LogP contribution is -1.90. The molecule has 1 N–H and O–H groups in total. The molecule has 0 fully saturated rings. The topological polar surface area (TPSA) is 46.5 Å². The van der Waals surface area contributed by atoms with Crippen molar-refractivity contribution in [3.05, 3.63) is 71.0 Å². The third kappa shape index (κ3) is 4.37. The predicted octanol–water partition coefficient (Wildman–Crippen LogP) is 4.83. The molecule has 0 spiro atoms. The second-order valence-electron chi connectivity index (χ2n) is 4.79. The van der Waals surface area contributed by atoms with Crippen molar-refractivity contribution in [2.75, 3.05) is 5.43 Å². The number of hydrogen-bond acceptors (Lipinski definition) is 5. The van der Waals surface area contributed by atoms with E-state index in [1.165, 1.54) is 23.5 Å². The van der Waals surface area contributed by atoms with E-state index in [1.807, 2.05) is 36.6 Å². The van der Waals surface area contributed by atoms with E-state index in [-0.39, 0.29) is 5.82 Å². The number of ether oxygens (including phenoxy) is 1. The Bertz CT molecular complexity index is 797. The molecule has 0 atom stereocenters. The summed E-state index contributed by atoms with van der Waals surface area (Å²) in [6.07, 6.45) is 1.71. The third-order valence-corrected chi connectivity index (χ3v) is 3.79. The number of thiazole rings is 1. The van der Waals surface area contributed by atoms with Crippen LogP contribution in [-0.4, -0.2) is 11.2 Å². The minimum absolute atomic E-state index is 0.285. The smallest absolute Gasteiger partial charge is 0.203 e. The first-order valence-corrected chi connectivity index (χ1v) is 7.82. The van der Waals surface area contributed by atoms with Crippen LogP contribution in [0.2, 0.25) is 0 Å². The van der Waals surface area contributed by atoms with Crippen LogP contribution < -0.4 is 10.2 Å². The highest BCUT2D eigenvalue weighted by atomic mass is 32.1. The summed E-state index contributed by atoms with van der Waals surface area (Å²) in [5.41, 5.74) is 4.78. The molecule has 1 aromatic heterocycles. The molecule has 2 aromatic carbocycles. The molecule has 23 heavy (non-hydrogen) atoms. The Hall–Kier alpha value is -2.73. The van der Waals surface area contributed by atoms with Gasteiger partial charge >= 0.3 is 0 Å². The van der Waals surface area contributed by atoms with Crippen molar-refractivity contribution in [1.82, 2.24) is 4.98 Å². The van der Waals surface area contributed by atoms with Gasteiger partial charge in [0, 0.05) is 5.38 Å². The van der Waals surface area contributed by atoms with E-state index in [9.17, 15) is 4.39 Å². The highest BCUT2D eigenvalue weighted by Gasteiger charge is 1.98. The largest absolute Gasteiger partial charge is 0.457 e. The summed E-state index contributed by atoms with van der Waals surface area (Å²) in [4.78, 5) is 4.26. The molecule has 0 aliphatic rings. The lowest BCUT2D eigenvalue weighted by Gasteiger charge is -2.05. The number of aromatic nitrogens is 1. The number of hydrogen-bond donors (Lipinski definition) is 1. The zero-order valence-electron chi connectivity index (χ0n) is 12.4.